The van der Waals surface area contributed by atoms with Crippen LogP contribution in [0.25, 0.3) is 11.4 Å². The van der Waals surface area contributed by atoms with Crippen LogP contribution < -0.4 is 5.32 Å². The lowest BCUT2D eigenvalue weighted by molar-refractivity contribution is 0.790. The number of anilines is 1. The van der Waals surface area contributed by atoms with Crippen LogP contribution in [0.1, 0.15) is 24.2 Å². The Kier molecular flexibility index (Phi) is 2.89. The fourth-order valence-corrected chi connectivity index (χ4v) is 2.56. The number of aryl methyl sites for hydroxylation is 1. The molecule has 1 saturated carbocycles. The Labute approximate surface area is 128 Å². The van der Waals surface area contributed by atoms with Gasteiger partial charge in [0.15, 0.2) is 5.82 Å². The molecule has 2 N–H and O–H groups in total. The lowest BCUT2D eigenvalue weighted by atomic mass is 10.1. The smallest absolute Gasteiger partial charge is 0.223 e. The summed E-state index contributed by atoms with van der Waals surface area (Å²) in [7, 11) is 0. The molecule has 110 valence electrons. The number of nitrogens with one attached hydrogen (secondary N) is 2. The maximum absolute atomic E-state index is 4.40. The number of hydrogen-bond acceptors (Lipinski definition) is 5. The highest BCUT2D eigenvalue weighted by molar-refractivity contribution is 5.53. The van der Waals surface area contributed by atoms with Crippen molar-refractivity contribution in [3.63, 3.8) is 0 Å². The van der Waals surface area contributed by atoms with Crippen molar-refractivity contribution in [1.82, 2.24) is 25.1 Å². The van der Waals surface area contributed by atoms with Gasteiger partial charge in [0.1, 0.15) is 5.82 Å². The molecule has 0 atom stereocenters. The van der Waals surface area contributed by atoms with Gasteiger partial charge >= 0.3 is 0 Å². The first-order chi connectivity index (χ1) is 10.8. The minimum absolute atomic E-state index is 0.00997. The van der Waals surface area contributed by atoms with Gasteiger partial charge in [-0.3, -0.25) is 5.10 Å². The Morgan fingerprint density at radius 2 is 1.82 bits per heavy atom. The van der Waals surface area contributed by atoms with E-state index in [0.29, 0.717) is 11.8 Å². The largest absolute Gasteiger partial charge is 0.345 e. The summed E-state index contributed by atoms with van der Waals surface area (Å²) in [6.45, 7) is 1.87. The van der Waals surface area contributed by atoms with Crippen LogP contribution in [0.4, 0.5) is 5.95 Å². The quantitative estimate of drug-likeness (QED) is 0.773. The Hall–Kier alpha value is -2.76. The van der Waals surface area contributed by atoms with Crippen LogP contribution in [0.15, 0.2) is 42.7 Å². The van der Waals surface area contributed by atoms with E-state index in [-0.39, 0.29) is 5.54 Å². The van der Waals surface area contributed by atoms with Crippen LogP contribution in [0.2, 0.25) is 0 Å². The lowest BCUT2D eigenvalue weighted by Crippen LogP contribution is -2.20. The van der Waals surface area contributed by atoms with Crippen molar-refractivity contribution in [2.45, 2.75) is 25.3 Å². The minimum atomic E-state index is -0.00997. The number of aromatic nitrogens is 5. The van der Waals surface area contributed by atoms with Gasteiger partial charge in [-0.25, -0.2) is 15.0 Å². The third-order valence-corrected chi connectivity index (χ3v) is 3.93. The molecule has 2 aromatic heterocycles. The van der Waals surface area contributed by atoms with Gasteiger partial charge in [-0.2, -0.15) is 5.10 Å². The van der Waals surface area contributed by atoms with E-state index in [0.717, 1.165) is 24.2 Å². The van der Waals surface area contributed by atoms with Crippen LogP contribution in [-0.2, 0) is 5.54 Å². The predicted octanol–water partition coefficient (Wildman–Crippen LogP) is 2.67. The fraction of sp³-hybridized carbons (Fsp3) is 0.250. The summed E-state index contributed by atoms with van der Waals surface area (Å²) in [6.07, 6.45) is 5.70. The summed E-state index contributed by atoms with van der Waals surface area (Å²) in [5, 5.41) is 10.4. The first-order valence-corrected chi connectivity index (χ1v) is 7.30. The molecule has 0 unspecified atom stereocenters. The average Bonchev–Trinajstić information content (AvgIpc) is 3.22. The van der Waals surface area contributed by atoms with Gasteiger partial charge in [-0.1, -0.05) is 30.3 Å². The van der Waals surface area contributed by atoms with Crippen molar-refractivity contribution >= 4 is 5.95 Å². The Morgan fingerprint density at radius 3 is 2.41 bits per heavy atom. The van der Waals surface area contributed by atoms with Gasteiger partial charge in [0.25, 0.3) is 0 Å². The molecule has 3 aromatic rings. The van der Waals surface area contributed by atoms with Crippen LogP contribution >= 0.6 is 0 Å². The molecule has 2 heterocycles. The summed E-state index contributed by atoms with van der Waals surface area (Å²) in [6, 6.07) is 10.4. The Balaban J connectivity index is 1.55. The van der Waals surface area contributed by atoms with Crippen molar-refractivity contribution in [2.24, 2.45) is 0 Å². The summed E-state index contributed by atoms with van der Waals surface area (Å²) < 4.78 is 0. The zero-order chi connectivity index (χ0) is 15.0. The summed E-state index contributed by atoms with van der Waals surface area (Å²) in [4.78, 5) is 13.1. The number of benzene rings is 1. The van der Waals surface area contributed by atoms with E-state index in [1.807, 2.05) is 13.0 Å². The monoisotopic (exact) mass is 292 g/mol. The maximum Gasteiger partial charge on any atom is 0.223 e. The highest BCUT2D eigenvalue weighted by Crippen LogP contribution is 2.47. The first-order valence-electron chi connectivity index (χ1n) is 7.30. The first kappa shape index (κ1) is 12.9. The van der Waals surface area contributed by atoms with Crippen molar-refractivity contribution in [3.05, 3.63) is 54.1 Å². The van der Waals surface area contributed by atoms with E-state index in [2.05, 4.69) is 54.7 Å². The second-order valence-corrected chi connectivity index (χ2v) is 5.61. The van der Waals surface area contributed by atoms with E-state index < -0.39 is 0 Å². The van der Waals surface area contributed by atoms with Crippen molar-refractivity contribution < 1.29 is 0 Å². The van der Waals surface area contributed by atoms with Crippen LogP contribution in [0.3, 0.4) is 0 Å². The summed E-state index contributed by atoms with van der Waals surface area (Å²) in [5.74, 6) is 2.03. The predicted molar refractivity (Wildman–Crippen MR) is 83.1 cm³/mol. The third kappa shape index (κ3) is 2.32. The van der Waals surface area contributed by atoms with Gasteiger partial charge < -0.3 is 5.32 Å². The molecule has 4 rings (SSSR count). The molecule has 6 nitrogen and oxygen atoms in total. The number of rotatable bonds is 4. The highest BCUT2D eigenvalue weighted by atomic mass is 15.2. The van der Waals surface area contributed by atoms with Gasteiger partial charge in [-0.15, -0.1) is 0 Å². The van der Waals surface area contributed by atoms with Crippen LogP contribution in [0.5, 0.6) is 0 Å². The molecule has 1 aliphatic carbocycles. The van der Waals surface area contributed by atoms with Crippen molar-refractivity contribution in [3.8, 4) is 11.4 Å². The standard InChI is InChI=1S/C16H16N6/c1-11-19-14(22-21-11)12-9-17-15(18-10-12)20-16(7-8-16)13-5-3-2-4-6-13/h2-6,9-10H,7-8H2,1H3,(H,17,18,20)(H,19,21,22). The molecule has 6 heteroatoms. The SMILES string of the molecule is Cc1nc(-c2cnc(NC3(c4ccccc4)CC3)nc2)n[nH]1. The highest BCUT2D eigenvalue weighted by Gasteiger charge is 2.44. The summed E-state index contributed by atoms with van der Waals surface area (Å²) in [5.41, 5.74) is 2.08. The topological polar surface area (TPSA) is 79.4 Å². The zero-order valence-corrected chi connectivity index (χ0v) is 12.2. The fourth-order valence-electron chi connectivity index (χ4n) is 2.56. The number of H-pyrrole nitrogens is 1. The van der Waals surface area contributed by atoms with Crippen LogP contribution in [0, 0.1) is 6.92 Å². The van der Waals surface area contributed by atoms with Crippen molar-refractivity contribution in [1.29, 1.82) is 0 Å². The van der Waals surface area contributed by atoms with E-state index in [4.69, 9.17) is 0 Å². The van der Waals surface area contributed by atoms with E-state index >= 15 is 0 Å². The molecular weight excluding hydrogens is 276 g/mol. The van der Waals surface area contributed by atoms with E-state index in [9.17, 15) is 0 Å². The van der Waals surface area contributed by atoms with Crippen LogP contribution in [-0.4, -0.2) is 25.1 Å². The van der Waals surface area contributed by atoms with Gasteiger partial charge in [0.2, 0.25) is 5.95 Å². The Bertz CT molecular complexity index is 774. The summed E-state index contributed by atoms with van der Waals surface area (Å²) >= 11 is 0. The maximum atomic E-state index is 4.40. The van der Waals surface area contributed by atoms with Gasteiger partial charge in [0, 0.05) is 12.4 Å². The van der Waals surface area contributed by atoms with Crippen molar-refractivity contribution in [2.75, 3.05) is 5.32 Å². The lowest BCUT2D eigenvalue weighted by Gasteiger charge is -2.17. The molecule has 0 spiro atoms. The zero-order valence-electron chi connectivity index (χ0n) is 12.2. The molecule has 22 heavy (non-hydrogen) atoms. The number of aromatic amines is 1. The molecule has 0 saturated heterocycles. The third-order valence-electron chi connectivity index (χ3n) is 3.93. The molecule has 1 fully saturated rings. The Morgan fingerprint density at radius 1 is 1.09 bits per heavy atom. The number of nitrogens with zero attached hydrogens (tertiary/aromatic N) is 4. The van der Waals surface area contributed by atoms with Gasteiger partial charge in [0.05, 0.1) is 11.1 Å². The van der Waals surface area contributed by atoms with Gasteiger partial charge in [-0.05, 0) is 25.3 Å². The molecule has 0 radical (unpaired) electrons. The molecule has 1 aromatic carbocycles. The van der Waals surface area contributed by atoms with E-state index in [1.165, 1.54) is 5.56 Å². The average molecular weight is 292 g/mol. The molecular formula is C16H16N6. The molecule has 0 aliphatic heterocycles. The normalized spacial score (nSPS) is 15.5. The molecule has 1 aliphatic rings. The number of hydrogen-bond donors (Lipinski definition) is 2. The second-order valence-electron chi connectivity index (χ2n) is 5.61. The second kappa shape index (κ2) is 4.91. The van der Waals surface area contributed by atoms with E-state index in [1.54, 1.807) is 12.4 Å². The molecule has 0 bridgehead atoms. The molecule has 0 amide bonds. The minimum Gasteiger partial charge on any atom is -0.345 e.